The number of aryl methyl sites for hydroxylation is 2. The van der Waals surface area contributed by atoms with Gasteiger partial charge in [-0.1, -0.05) is 43.3 Å². The number of carbonyl (C=O) groups excluding carboxylic acids is 1. The molecule has 3 aromatic carbocycles. The Balaban J connectivity index is 1.30. The third kappa shape index (κ3) is 4.63. The molecule has 3 aromatic heterocycles. The number of nitrogens with zero attached hydrogens (tertiary/aromatic N) is 2. The molecule has 7 nitrogen and oxygen atoms in total. The number of nitrogens with one attached hydrogen (secondary N) is 2. The van der Waals surface area contributed by atoms with Crippen molar-refractivity contribution in [1.29, 1.82) is 0 Å². The van der Waals surface area contributed by atoms with Gasteiger partial charge in [-0.15, -0.1) is 0 Å². The molecule has 1 amide bonds. The summed E-state index contributed by atoms with van der Waals surface area (Å²) in [5.41, 5.74) is 4.78. The van der Waals surface area contributed by atoms with Crippen molar-refractivity contribution in [2.24, 2.45) is 7.05 Å². The normalized spacial score (nSPS) is 11.2. The fourth-order valence-corrected chi connectivity index (χ4v) is 5.12. The standard InChI is InChI=1S/C33H27FN4O3/c1-4-20-10-12-27-23(16-20)31(39)29(19(2)38(27)3)32(40)37-22-11-13-28(25(34)17-22)41-33-30-24(21-8-6-5-7-9-21)18-36-26(30)14-15-35-33/h5-18,36H,4H2,1-3H3,(H,37,40). The van der Waals surface area contributed by atoms with Crippen molar-refractivity contribution in [3.8, 4) is 22.8 Å². The van der Waals surface area contributed by atoms with Crippen LogP contribution in [0.2, 0.25) is 0 Å². The fraction of sp³-hybridized carbons (Fsp3) is 0.121. The lowest BCUT2D eigenvalue weighted by Gasteiger charge is -2.15. The van der Waals surface area contributed by atoms with E-state index in [1.165, 1.54) is 18.2 Å². The van der Waals surface area contributed by atoms with Gasteiger partial charge in [-0.3, -0.25) is 9.59 Å². The topological polar surface area (TPSA) is 89.0 Å². The van der Waals surface area contributed by atoms with Gasteiger partial charge in [0, 0.05) is 47.8 Å². The zero-order valence-corrected chi connectivity index (χ0v) is 22.8. The number of hydrogen-bond donors (Lipinski definition) is 2. The first kappa shape index (κ1) is 26.0. The van der Waals surface area contributed by atoms with Crippen molar-refractivity contribution < 1.29 is 13.9 Å². The highest BCUT2D eigenvalue weighted by molar-refractivity contribution is 6.07. The van der Waals surface area contributed by atoms with E-state index in [9.17, 15) is 9.59 Å². The molecule has 0 unspecified atom stereocenters. The number of halogens is 1. The van der Waals surface area contributed by atoms with Gasteiger partial charge in [0.25, 0.3) is 5.91 Å². The first-order valence-electron chi connectivity index (χ1n) is 13.3. The van der Waals surface area contributed by atoms with Gasteiger partial charge in [0.2, 0.25) is 11.3 Å². The molecular weight excluding hydrogens is 519 g/mol. The Morgan fingerprint density at radius 1 is 1.07 bits per heavy atom. The minimum Gasteiger partial charge on any atom is -0.435 e. The summed E-state index contributed by atoms with van der Waals surface area (Å²) in [5, 5.41) is 3.88. The molecule has 6 rings (SSSR count). The molecule has 6 aromatic rings. The Labute approximate surface area is 235 Å². The summed E-state index contributed by atoms with van der Waals surface area (Å²) in [7, 11) is 1.81. The number of carbonyl (C=O) groups is 1. The van der Waals surface area contributed by atoms with Crippen LogP contribution in [0.15, 0.2) is 90.0 Å². The number of amides is 1. The van der Waals surface area contributed by atoms with E-state index in [0.29, 0.717) is 11.1 Å². The molecule has 0 aliphatic heterocycles. The first-order valence-corrected chi connectivity index (χ1v) is 13.3. The SMILES string of the molecule is CCc1ccc2c(c1)c(=O)c(C(=O)Nc1ccc(Oc3nccc4[nH]cc(-c5ccccc5)c34)c(F)c1)c(C)n2C. The zero-order chi connectivity index (χ0) is 28.7. The number of ether oxygens (including phenoxy) is 1. The van der Waals surface area contributed by atoms with Crippen molar-refractivity contribution >= 4 is 33.4 Å². The number of H-pyrrole nitrogens is 1. The van der Waals surface area contributed by atoms with Gasteiger partial charge in [0.1, 0.15) is 5.56 Å². The van der Waals surface area contributed by atoms with Crippen LogP contribution < -0.4 is 15.5 Å². The van der Waals surface area contributed by atoms with Crippen LogP contribution in [0.5, 0.6) is 11.6 Å². The molecule has 2 N–H and O–H groups in total. The van der Waals surface area contributed by atoms with Gasteiger partial charge in [0.05, 0.1) is 16.4 Å². The third-order valence-corrected chi connectivity index (χ3v) is 7.43. The maximum atomic E-state index is 15.3. The highest BCUT2D eigenvalue weighted by atomic mass is 19.1. The summed E-state index contributed by atoms with van der Waals surface area (Å²) in [6, 6.07) is 21.4. The van der Waals surface area contributed by atoms with E-state index in [1.807, 2.05) is 79.3 Å². The predicted octanol–water partition coefficient (Wildman–Crippen LogP) is 7.14. The highest BCUT2D eigenvalue weighted by Crippen LogP contribution is 2.37. The van der Waals surface area contributed by atoms with Crippen LogP contribution in [-0.4, -0.2) is 20.4 Å². The molecule has 0 radical (unpaired) electrons. The van der Waals surface area contributed by atoms with Gasteiger partial charge in [-0.2, -0.15) is 0 Å². The van der Waals surface area contributed by atoms with Crippen LogP contribution in [0.1, 0.15) is 28.5 Å². The number of hydrogen-bond acceptors (Lipinski definition) is 4. The minimum absolute atomic E-state index is 0.0192. The predicted molar refractivity (Wildman–Crippen MR) is 159 cm³/mol. The lowest BCUT2D eigenvalue weighted by atomic mass is 10.0. The molecule has 0 atom stereocenters. The van der Waals surface area contributed by atoms with Gasteiger partial charge < -0.3 is 19.6 Å². The molecular formula is C33H27FN4O3. The van der Waals surface area contributed by atoms with Crippen molar-refractivity contribution in [2.75, 3.05) is 5.32 Å². The zero-order valence-electron chi connectivity index (χ0n) is 22.8. The second kappa shape index (κ2) is 10.4. The second-order valence-corrected chi connectivity index (χ2v) is 9.86. The quantitative estimate of drug-likeness (QED) is 0.232. The summed E-state index contributed by atoms with van der Waals surface area (Å²) in [5.74, 6) is -1.09. The lowest BCUT2D eigenvalue weighted by Crippen LogP contribution is -2.26. The largest absolute Gasteiger partial charge is 0.435 e. The van der Waals surface area contributed by atoms with Crippen molar-refractivity contribution in [2.45, 2.75) is 20.3 Å². The Morgan fingerprint density at radius 3 is 2.63 bits per heavy atom. The minimum atomic E-state index is -0.686. The third-order valence-electron chi connectivity index (χ3n) is 7.43. The maximum absolute atomic E-state index is 15.3. The molecule has 3 heterocycles. The molecule has 0 spiro atoms. The monoisotopic (exact) mass is 546 g/mol. The number of pyridine rings is 2. The van der Waals surface area contributed by atoms with E-state index in [2.05, 4.69) is 15.3 Å². The van der Waals surface area contributed by atoms with Crippen LogP contribution in [0, 0.1) is 12.7 Å². The van der Waals surface area contributed by atoms with Gasteiger partial charge in [0.15, 0.2) is 11.6 Å². The van der Waals surface area contributed by atoms with E-state index in [0.717, 1.165) is 39.5 Å². The van der Waals surface area contributed by atoms with Gasteiger partial charge in [-0.25, -0.2) is 9.37 Å². The smallest absolute Gasteiger partial charge is 0.261 e. The summed E-state index contributed by atoms with van der Waals surface area (Å²) in [4.78, 5) is 34.2. The van der Waals surface area contributed by atoms with Crippen molar-refractivity contribution in [3.63, 3.8) is 0 Å². The Hall–Kier alpha value is -5.24. The summed E-state index contributed by atoms with van der Waals surface area (Å²) >= 11 is 0. The molecule has 0 fully saturated rings. The molecule has 8 heteroatoms. The number of anilines is 1. The number of benzene rings is 3. The molecule has 0 saturated heterocycles. The number of fused-ring (bicyclic) bond motifs is 2. The average Bonchev–Trinajstić information content (AvgIpc) is 3.43. The average molecular weight is 547 g/mol. The fourth-order valence-electron chi connectivity index (χ4n) is 5.12. The Morgan fingerprint density at radius 2 is 1.88 bits per heavy atom. The van der Waals surface area contributed by atoms with E-state index in [4.69, 9.17) is 4.74 Å². The van der Waals surface area contributed by atoms with Gasteiger partial charge >= 0.3 is 0 Å². The molecule has 204 valence electrons. The number of aromatic amines is 1. The van der Waals surface area contributed by atoms with Crippen LogP contribution >= 0.6 is 0 Å². The number of rotatable bonds is 6. The first-order chi connectivity index (χ1) is 19.9. The van der Waals surface area contributed by atoms with Crippen LogP contribution in [0.3, 0.4) is 0 Å². The molecule has 41 heavy (non-hydrogen) atoms. The maximum Gasteiger partial charge on any atom is 0.261 e. The molecule has 0 aliphatic carbocycles. The van der Waals surface area contributed by atoms with E-state index >= 15 is 4.39 Å². The van der Waals surface area contributed by atoms with E-state index in [1.54, 1.807) is 13.1 Å². The molecule has 0 aliphatic rings. The van der Waals surface area contributed by atoms with Crippen molar-refractivity contribution in [1.82, 2.24) is 14.5 Å². The van der Waals surface area contributed by atoms with Crippen molar-refractivity contribution in [3.05, 3.63) is 118 Å². The highest BCUT2D eigenvalue weighted by Gasteiger charge is 2.20. The van der Waals surface area contributed by atoms with E-state index < -0.39 is 11.7 Å². The summed E-state index contributed by atoms with van der Waals surface area (Å²) in [6.45, 7) is 3.73. The second-order valence-electron chi connectivity index (χ2n) is 9.86. The van der Waals surface area contributed by atoms with Gasteiger partial charge in [-0.05, 0) is 54.8 Å². The number of aromatic nitrogens is 3. The summed E-state index contributed by atoms with van der Waals surface area (Å²) in [6.07, 6.45) is 4.22. The van der Waals surface area contributed by atoms with Crippen LogP contribution in [0.25, 0.3) is 32.9 Å². The summed E-state index contributed by atoms with van der Waals surface area (Å²) < 4.78 is 23.0. The van der Waals surface area contributed by atoms with Crippen LogP contribution in [0.4, 0.5) is 10.1 Å². The lowest BCUT2D eigenvalue weighted by molar-refractivity contribution is 0.102. The molecule has 0 bridgehead atoms. The Bertz CT molecular complexity index is 2010. The molecule has 0 saturated carbocycles. The van der Waals surface area contributed by atoms with Crippen LogP contribution in [-0.2, 0) is 13.5 Å². The van der Waals surface area contributed by atoms with E-state index in [-0.39, 0.29) is 28.3 Å². The Kier molecular flexibility index (Phi) is 6.59.